The van der Waals surface area contributed by atoms with Gasteiger partial charge in [0.15, 0.2) is 5.96 Å². The van der Waals surface area contributed by atoms with Crippen LogP contribution < -0.4 is 10.6 Å². The topological polar surface area (TPSA) is 62.7 Å². The van der Waals surface area contributed by atoms with E-state index in [0.717, 1.165) is 6.42 Å². The zero-order chi connectivity index (χ0) is 11.8. The van der Waals surface area contributed by atoms with Crippen LogP contribution >= 0.6 is 0 Å². The van der Waals surface area contributed by atoms with Crippen molar-refractivity contribution in [2.24, 2.45) is 4.99 Å². The highest BCUT2D eigenvalue weighted by Crippen LogP contribution is 2.36. The molecular formula is C11H19N3O2. The van der Waals surface area contributed by atoms with Gasteiger partial charge in [-0.2, -0.15) is 0 Å². The lowest BCUT2D eigenvalue weighted by molar-refractivity contribution is -0.138. The first-order valence-electron chi connectivity index (χ1n) is 5.74. The summed E-state index contributed by atoms with van der Waals surface area (Å²) in [6, 6.07) is 0. The van der Waals surface area contributed by atoms with Gasteiger partial charge in [-0.25, -0.2) is 0 Å². The summed E-state index contributed by atoms with van der Waals surface area (Å²) in [5, 5.41) is 5.97. The highest BCUT2D eigenvalue weighted by Gasteiger charge is 2.51. The number of hydrogen-bond acceptors (Lipinski definition) is 3. The molecule has 0 aromatic heterocycles. The van der Waals surface area contributed by atoms with Gasteiger partial charge in [0, 0.05) is 19.9 Å². The minimum atomic E-state index is -0.516. The molecule has 2 aliphatic rings. The van der Waals surface area contributed by atoms with Crippen LogP contribution in [0.4, 0.5) is 0 Å². The van der Waals surface area contributed by atoms with E-state index in [4.69, 9.17) is 4.74 Å². The number of ether oxygens (including phenoxy) is 1. The maximum Gasteiger partial charge on any atom is 0.252 e. The molecule has 16 heavy (non-hydrogen) atoms. The molecule has 0 aliphatic carbocycles. The van der Waals surface area contributed by atoms with Crippen molar-refractivity contribution in [3.8, 4) is 0 Å². The van der Waals surface area contributed by atoms with Crippen LogP contribution in [0.2, 0.25) is 0 Å². The molecule has 2 unspecified atom stereocenters. The van der Waals surface area contributed by atoms with Crippen LogP contribution in [0, 0.1) is 0 Å². The smallest absolute Gasteiger partial charge is 0.252 e. The van der Waals surface area contributed by atoms with Gasteiger partial charge in [-0.1, -0.05) is 6.92 Å². The van der Waals surface area contributed by atoms with Crippen molar-refractivity contribution >= 4 is 11.9 Å². The molecule has 2 rings (SSSR count). The molecule has 2 fully saturated rings. The Morgan fingerprint density at radius 1 is 1.56 bits per heavy atom. The number of hydrogen-bond donors (Lipinski definition) is 2. The fraction of sp³-hybridized carbons (Fsp3) is 0.818. The van der Waals surface area contributed by atoms with Crippen molar-refractivity contribution in [3.05, 3.63) is 0 Å². The number of guanidine groups is 1. The molecule has 1 spiro atoms. The van der Waals surface area contributed by atoms with Crippen molar-refractivity contribution in [2.75, 3.05) is 13.7 Å². The molecule has 0 aromatic rings. The summed E-state index contributed by atoms with van der Waals surface area (Å²) in [6.07, 6.45) is 2.30. The molecule has 0 saturated carbocycles. The normalized spacial score (nSPS) is 41.2. The summed E-state index contributed by atoms with van der Waals surface area (Å²) >= 11 is 0. The third-order valence-electron chi connectivity index (χ3n) is 3.65. The Bertz CT molecular complexity index is 342. The van der Waals surface area contributed by atoms with Crippen LogP contribution in [0.25, 0.3) is 0 Å². The van der Waals surface area contributed by atoms with E-state index in [1.165, 1.54) is 0 Å². The highest BCUT2D eigenvalue weighted by atomic mass is 16.5. The average Bonchev–Trinajstić information content (AvgIpc) is 2.56. The molecular weight excluding hydrogens is 206 g/mol. The van der Waals surface area contributed by atoms with E-state index >= 15 is 0 Å². The molecule has 0 radical (unpaired) electrons. The zero-order valence-corrected chi connectivity index (χ0v) is 10.1. The fourth-order valence-corrected chi connectivity index (χ4v) is 2.43. The molecule has 2 N–H and O–H groups in total. The Morgan fingerprint density at radius 2 is 2.31 bits per heavy atom. The van der Waals surface area contributed by atoms with Crippen molar-refractivity contribution in [3.63, 3.8) is 0 Å². The molecule has 5 heteroatoms. The first kappa shape index (κ1) is 11.4. The van der Waals surface area contributed by atoms with Gasteiger partial charge in [-0.05, 0) is 13.3 Å². The fourth-order valence-electron chi connectivity index (χ4n) is 2.43. The summed E-state index contributed by atoms with van der Waals surface area (Å²) in [5.41, 5.74) is -0.733. The van der Waals surface area contributed by atoms with E-state index in [0.29, 0.717) is 25.4 Å². The summed E-state index contributed by atoms with van der Waals surface area (Å²) in [4.78, 5) is 16.0. The second-order valence-electron chi connectivity index (χ2n) is 4.81. The Labute approximate surface area is 95.6 Å². The van der Waals surface area contributed by atoms with Gasteiger partial charge >= 0.3 is 0 Å². The van der Waals surface area contributed by atoms with E-state index in [2.05, 4.69) is 29.5 Å². The number of nitrogens with zero attached hydrogens (tertiary/aromatic N) is 1. The largest absolute Gasteiger partial charge is 0.375 e. The molecule has 0 bridgehead atoms. The lowest BCUT2D eigenvalue weighted by Gasteiger charge is -2.42. The standard InChI is InChI=1S/C11H19N3O2/c1-4-10(2)7-11(5-6-16-10)8(15)13-9(12-3)14-11/h4-7H2,1-3H3,(H2,12,13,14,15). The summed E-state index contributed by atoms with van der Waals surface area (Å²) in [6.45, 7) is 4.76. The van der Waals surface area contributed by atoms with Gasteiger partial charge in [-0.3, -0.25) is 15.1 Å². The average molecular weight is 225 g/mol. The quantitative estimate of drug-likeness (QED) is 0.679. The monoisotopic (exact) mass is 225 g/mol. The van der Waals surface area contributed by atoms with E-state index in [1.807, 2.05) is 0 Å². The van der Waals surface area contributed by atoms with Gasteiger partial charge in [0.05, 0.1) is 12.2 Å². The van der Waals surface area contributed by atoms with Crippen molar-refractivity contribution < 1.29 is 9.53 Å². The molecule has 1 amide bonds. The summed E-state index contributed by atoms with van der Waals surface area (Å²) in [5.74, 6) is 0.599. The van der Waals surface area contributed by atoms with E-state index in [1.54, 1.807) is 7.05 Å². The Hall–Kier alpha value is -1.10. The van der Waals surface area contributed by atoms with Crippen LogP contribution in [0.1, 0.15) is 33.1 Å². The number of carbonyl (C=O) groups excluding carboxylic acids is 1. The first-order valence-corrected chi connectivity index (χ1v) is 5.74. The van der Waals surface area contributed by atoms with Crippen LogP contribution in [-0.4, -0.2) is 36.7 Å². The van der Waals surface area contributed by atoms with Crippen molar-refractivity contribution in [1.82, 2.24) is 10.6 Å². The number of rotatable bonds is 1. The number of amides is 1. The second-order valence-corrected chi connectivity index (χ2v) is 4.81. The van der Waals surface area contributed by atoms with Gasteiger partial charge in [-0.15, -0.1) is 0 Å². The minimum absolute atomic E-state index is 0.0241. The van der Waals surface area contributed by atoms with Crippen molar-refractivity contribution in [2.45, 2.75) is 44.2 Å². The Kier molecular flexibility index (Phi) is 2.66. The first-order chi connectivity index (χ1) is 7.53. The lowest BCUT2D eigenvalue weighted by atomic mass is 9.79. The number of aliphatic imine (C=N–C) groups is 1. The van der Waals surface area contributed by atoms with Crippen LogP contribution in [0.5, 0.6) is 0 Å². The summed E-state index contributed by atoms with van der Waals surface area (Å²) in [7, 11) is 1.67. The van der Waals surface area contributed by atoms with Crippen molar-refractivity contribution in [1.29, 1.82) is 0 Å². The minimum Gasteiger partial charge on any atom is -0.375 e. The Morgan fingerprint density at radius 3 is 2.88 bits per heavy atom. The van der Waals surface area contributed by atoms with Gasteiger partial charge in [0.1, 0.15) is 5.54 Å². The molecule has 90 valence electrons. The number of nitrogens with one attached hydrogen (secondary N) is 2. The van der Waals surface area contributed by atoms with Crippen LogP contribution in [0.15, 0.2) is 4.99 Å². The zero-order valence-electron chi connectivity index (χ0n) is 10.1. The second kappa shape index (κ2) is 3.73. The van der Waals surface area contributed by atoms with E-state index < -0.39 is 5.54 Å². The molecule has 2 atom stereocenters. The van der Waals surface area contributed by atoms with Gasteiger partial charge in [0.25, 0.3) is 5.91 Å². The third-order valence-corrected chi connectivity index (χ3v) is 3.65. The van der Waals surface area contributed by atoms with E-state index in [-0.39, 0.29) is 11.5 Å². The highest BCUT2D eigenvalue weighted by molar-refractivity contribution is 6.09. The molecule has 0 aromatic carbocycles. The molecule has 5 nitrogen and oxygen atoms in total. The molecule has 2 aliphatic heterocycles. The Balaban J connectivity index is 2.23. The SMILES string of the molecule is CCC1(C)CC2(CCO1)NC(=NC)NC2=O. The third kappa shape index (κ3) is 1.69. The predicted octanol–water partition coefficient (Wildman–Crippen LogP) is 0.409. The maximum atomic E-state index is 12.0. The van der Waals surface area contributed by atoms with Gasteiger partial charge < -0.3 is 10.1 Å². The molecule has 2 heterocycles. The van der Waals surface area contributed by atoms with E-state index in [9.17, 15) is 4.79 Å². The van der Waals surface area contributed by atoms with Gasteiger partial charge in [0.2, 0.25) is 0 Å². The maximum absolute atomic E-state index is 12.0. The molecule has 2 saturated heterocycles. The van der Waals surface area contributed by atoms with Crippen LogP contribution in [-0.2, 0) is 9.53 Å². The number of carbonyl (C=O) groups is 1. The predicted molar refractivity (Wildman–Crippen MR) is 61.3 cm³/mol. The van der Waals surface area contributed by atoms with Crippen LogP contribution in [0.3, 0.4) is 0 Å². The lowest BCUT2D eigenvalue weighted by Crippen LogP contribution is -2.56. The summed E-state index contributed by atoms with van der Waals surface area (Å²) < 4.78 is 5.76.